The van der Waals surface area contributed by atoms with Crippen LogP contribution in [0.2, 0.25) is 0 Å². The van der Waals surface area contributed by atoms with E-state index < -0.39 is 30.7 Å². The van der Waals surface area contributed by atoms with E-state index in [2.05, 4.69) is 151 Å². The molecule has 98 heavy (non-hydrogen) atoms. The molecule has 1 saturated heterocycles. The van der Waals surface area contributed by atoms with Crippen molar-refractivity contribution in [2.75, 3.05) is 13.2 Å². The highest BCUT2D eigenvalue weighted by Gasteiger charge is 2.50. The molecule has 1 aliphatic rings. The molecule has 0 spiro atoms. The molecule has 1 fully saturated rings. The molecule has 0 saturated carbocycles. The van der Waals surface area contributed by atoms with Crippen LogP contribution in [0.25, 0.3) is 0 Å². The van der Waals surface area contributed by atoms with Crippen LogP contribution in [0.5, 0.6) is 0 Å². The van der Waals surface area contributed by atoms with E-state index in [1.54, 1.807) is 6.20 Å². The van der Waals surface area contributed by atoms with Gasteiger partial charge in [-0.3, -0.25) is 0 Å². The Labute approximate surface area is 595 Å². The standard InChI is InChI=1S/C87H132N4O7/c1-3-5-7-9-11-13-15-17-18-19-20-21-22-23-24-25-26-27-28-30-32-34-36-53-65-88-80(83(93-70-76-56-44-38-45-57-76)81(92-69-75-54-42-37-43-55-75)64-52-35-33-31-29-16-14-12-10-8-6-4-2)74-97-87-86(96-73-79-62-50-41-51-63-79)85(95-72-78-60-48-40-49-61-78)84(94-71-77-58-46-39-47-59-77)82(98-87)68-91-67-66-89-90-91/h37-51,54-63,66-67,80-88H,3-36,52-53,64-65,68-74H2,1-2H3/t80-,81+,82+,83-,84-,85-,86+,87-/m0/s1. The van der Waals surface area contributed by atoms with Crippen LogP contribution in [0.15, 0.2) is 164 Å². The first-order valence-electron chi connectivity index (χ1n) is 39.8. The van der Waals surface area contributed by atoms with Crippen molar-refractivity contribution in [2.45, 2.75) is 340 Å². The molecule has 0 amide bonds. The zero-order chi connectivity index (χ0) is 68.1. The summed E-state index contributed by atoms with van der Waals surface area (Å²) in [6.07, 6.45) is 48.9. The summed E-state index contributed by atoms with van der Waals surface area (Å²) in [6, 6.07) is 51.9. The van der Waals surface area contributed by atoms with Gasteiger partial charge in [-0.15, -0.1) is 5.10 Å². The molecule has 5 aromatic carbocycles. The summed E-state index contributed by atoms with van der Waals surface area (Å²) in [6.45, 7) is 7.96. The van der Waals surface area contributed by atoms with Crippen molar-refractivity contribution < 1.29 is 33.2 Å². The van der Waals surface area contributed by atoms with Crippen molar-refractivity contribution in [1.29, 1.82) is 0 Å². The summed E-state index contributed by atoms with van der Waals surface area (Å²) in [4.78, 5) is 0. The minimum Gasteiger partial charge on any atom is -0.371 e. The Bertz CT molecular complexity index is 2710. The summed E-state index contributed by atoms with van der Waals surface area (Å²) in [5, 5.41) is 12.8. The normalized spacial score (nSPS) is 17.3. The lowest BCUT2D eigenvalue weighted by Crippen LogP contribution is -2.62. The minimum absolute atomic E-state index is 0.238. The van der Waals surface area contributed by atoms with Crippen LogP contribution in [0.1, 0.15) is 279 Å². The molecule has 11 nitrogen and oxygen atoms in total. The zero-order valence-corrected chi connectivity index (χ0v) is 61.2. The predicted molar refractivity (Wildman–Crippen MR) is 404 cm³/mol. The number of hydrogen-bond donors (Lipinski definition) is 1. The van der Waals surface area contributed by atoms with Gasteiger partial charge in [-0.2, -0.15) is 0 Å². The van der Waals surface area contributed by atoms with E-state index in [1.165, 1.54) is 205 Å². The molecule has 1 aromatic heterocycles. The Morgan fingerprint density at radius 1 is 0.378 bits per heavy atom. The molecule has 11 heteroatoms. The van der Waals surface area contributed by atoms with Crippen LogP contribution < -0.4 is 5.32 Å². The Balaban J connectivity index is 1.05. The third-order valence-corrected chi connectivity index (χ3v) is 19.9. The lowest BCUT2D eigenvalue weighted by molar-refractivity contribution is -0.327. The van der Waals surface area contributed by atoms with Gasteiger partial charge in [0.2, 0.25) is 0 Å². The van der Waals surface area contributed by atoms with Crippen LogP contribution in [0.4, 0.5) is 0 Å². The Morgan fingerprint density at radius 3 is 1.11 bits per heavy atom. The molecular weight excluding hydrogens is 1210 g/mol. The highest BCUT2D eigenvalue weighted by Crippen LogP contribution is 2.33. The molecule has 542 valence electrons. The molecule has 1 N–H and O–H groups in total. The maximum Gasteiger partial charge on any atom is 0.186 e. The van der Waals surface area contributed by atoms with Crippen LogP contribution in [-0.2, 0) is 72.7 Å². The monoisotopic (exact) mass is 1350 g/mol. The first-order chi connectivity index (χ1) is 48.7. The van der Waals surface area contributed by atoms with Crippen LogP contribution in [0.3, 0.4) is 0 Å². The number of nitrogens with zero attached hydrogens (tertiary/aromatic N) is 3. The largest absolute Gasteiger partial charge is 0.371 e. The second-order valence-electron chi connectivity index (χ2n) is 28.3. The van der Waals surface area contributed by atoms with Crippen molar-refractivity contribution >= 4 is 0 Å². The molecule has 0 aliphatic carbocycles. The summed E-state index contributed by atoms with van der Waals surface area (Å²) in [5.41, 5.74) is 5.40. The average Bonchev–Trinajstić information content (AvgIpc) is 0.931. The second kappa shape index (κ2) is 53.7. The smallest absolute Gasteiger partial charge is 0.186 e. The average molecular weight is 1350 g/mol. The molecule has 0 bridgehead atoms. The molecule has 2 heterocycles. The van der Waals surface area contributed by atoms with Gasteiger partial charge in [-0.25, -0.2) is 4.68 Å². The molecule has 0 radical (unpaired) electrons. The van der Waals surface area contributed by atoms with Gasteiger partial charge in [-0.05, 0) is 47.2 Å². The van der Waals surface area contributed by atoms with Gasteiger partial charge in [-0.1, -0.05) is 395 Å². The SMILES string of the molecule is CCCCCCCCCCCCCCCCCCCCCCCCCCN[C@@H](CO[C@H]1O[C@H](Cn2ccnn2)[C@H](OCc2ccccc2)[C@H](OCc2ccccc2)[C@H]1OCc1ccccc1)[C@H](OCc1ccccc1)[C@@H](CCCCCCCCCCCCCC)OCc1ccccc1. The third kappa shape index (κ3) is 35.0. The molecule has 0 unspecified atom stereocenters. The highest BCUT2D eigenvalue weighted by molar-refractivity contribution is 5.17. The van der Waals surface area contributed by atoms with Crippen molar-refractivity contribution in [3.8, 4) is 0 Å². The first-order valence-corrected chi connectivity index (χ1v) is 39.8. The number of benzene rings is 5. The lowest BCUT2D eigenvalue weighted by Gasteiger charge is -2.46. The van der Waals surface area contributed by atoms with E-state index in [-0.39, 0.29) is 24.9 Å². The van der Waals surface area contributed by atoms with E-state index in [9.17, 15) is 0 Å². The molecular formula is C87H132N4O7. The second-order valence-corrected chi connectivity index (χ2v) is 28.3. The van der Waals surface area contributed by atoms with Crippen molar-refractivity contribution in [1.82, 2.24) is 20.3 Å². The molecule has 7 rings (SSSR count). The van der Waals surface area contributed by atoms with Crippen molar-refractivity contribution in [3.63, 3.8) is 0 Å². The number of rotatable bonds is 61. The van der Waals surface area contributed by atoms with Gasteiger partial charge in [0.1, 0.15) is 30.5 Å². The van der Waals surface area contributed by atoms with Crippen LogP contribution in [0, 0.1) is 0 Å². The number of ether oxygens (including phenoxy) is 7. The van der Waals surface area contributed by atoms with Crippen LogP contribution >= 0.6 is 0 Å². The molecule has 1 aliphatic heterocycles. The van der Waals surface area contributed by atoms with Crippen molar-refractivity contribution in [3.05, 3.63) is 192 Å². The van der Waals surface area contributed by atoms with Gasteiger partial charge in [0.25, 0.3) is 0 Å². The van der Waals surface area contributed by atoms with E-state index >= 15 is 0 Å². The topological polar surface area (TPSA) is 107 Å². The summed E-state index contributed by atoms with van der Waals surface area (Å²) in [5.74, 6) is 0. The summed E-state index contributed by atoms with van der Waals surface area (Å²) >= 11 is 0. The van der Waals surface area contributed by atoms with Gasteiger partial charge in [0.05, 0.1) is 64.5 Å². The number of unbranched alkanes of at least 4 members (excludes halogenated alkanes) is 34. The van der Waals surface area contributed by atoms with E-state index in [0.717, 1.165) is 66.5 Å². The van der Waals surface area contributed by atoms with Gasteiger partial charge in [0.15, 0.2) is 6.29 Å². The fraction of sp³-hybridized carbons (Fsp3) is 0.632. The van der Waals surface area contributed by atoms with Crippen molar-refractivity contribution in [2.24, 2.45) is 0 Å². The first kappa shape index (κ1) is 80.2. The fourth-order valence-corrected chi connectivity index (χ4v) is 13.9. The lowest BCUT2D eigenvalue weighted by atomic mass is 9.96. The molecule has 8 atom stereocenters. The van der Waals surface area contributed by atoms with Crippen LogP contribution in [-0.4, -0.2) is 77.1 Å². The minimum atomic E-state index is -0.882. The number of nitrogens with one attached hydrogen (secondary N) is 1. The number of aromatic nitrogens is 3. The van der Waals surface area contributed by atoms with E-state index in [4.69, 9.17) is 33.2 Å². The summed E-state index contributed by atoms with van der Waals surface area (Å²) < 4.78 is 52.6. The molecule has 6 aromatic rings. The zero-order valence-electron chi connectivity index (χ0n) is 61.2. The highest BCUT2D eigenvalue weighted by atomic mass is 16.7. The Kier molecular flexibility index (Phi) is 44.0. The Hall–Kier alpha value is -5.08. The maximum atomic E-state index is 7.43. The summed E-state index contributed by atoms with van der Waals surface area (Å²) in [7, 11) is 0. The van der Waals surface area contributed by atoms with E-state index in [1.807, 2.05) is 41.2 Å². The Morgan fingerprint density at radius 2 is 0.724 bits per heavy atom. The van der Waals surface area contributed by atoms with E-state index in [0.29, 0.717) is 39.6 Å². The van der Waals surface area contributed by atoms with Gasteiger partial charge < -0.3 is 38.5 Å². The predicted octanol–water partition coefficient (Wildman–Crippen LogP) is 22.4. The third-order valence-electron chi connectivity index (χ3n) is 19.9. The maximum absolute atomic E-state index is 7.43. The quantitative estimate of drug-likeness (QED) is 0.0371. The number of hydrogen-bond acceptors (Lipinski definition) is 10. The fourth-order valence-electron chi connectivity index (χ4n) is 13.9. The van der Waals surface area contributed by atoms with Gasteiger partial charge >= 0.3 is 0 Å². The van der Waals surface area contributed by atoms with Gasteiger partial charge in [0, 0.05) is 6.20 Å².